The Hall–Kier alpha value is -3.38. The predicted octanol–water partition coefficient (Wildman–Crippen LogP) is 3.70. The van der Waals surface area contributed by atoms with Crippen molar-refractivity contribution >= 4 is 17.3 Å². The van der Waals surface area contributed by atoms with Crippen molar-refractivity contribution < 1.29 is 9.90 Å². The molecule has 1 fully saturated rings. The third-order valence-electron chi connectivity index (χ3n) is 7.54. The van der Waals surface area contributed by atoms with Gasteiger partial charge in [0.2, 0.25) is 0 Å². The fourth-order valence-corrected chi connectivity index (χ4v) is 5.36. The number of nitrogens with zero attached hydrogens (tertiary/aromatic N) is 2. The Morgan fingerprint density at radius 2 is 1.82 bits per heavy atom. The van der Waals surface area contributed by atoms with Crippen molar-refractivity contribution in [1.29, 1.82) is 0 Å². The number of aliphatic hydroxyl groups is 1. The molecule has 0 saturated heterocycles. The Bertz CT molecular complexity index is 1290. The van der Waals surface area contributed by atoms with Crippen molar-refractivity contribution in [1.82, 2.24) is 4.57 Å². The lowest BCUT2D eigenvalue weighted by atomic mass is 9.93. The van der Waals surface area contributed by atoms with Crippen molar-refractivity contribution in [2.45, 2.75) is 32.8 Å². The molecule has 170 valence electrons. The number of aliphatic hydroxyl groups excluding tert-OH is 1. The Kier molecular flexibility index (Phi) is 5.13. The molecule has 2 aromatic carbocycles. The lowest BCUT2D eigenvalue weighted by molar-refractivity contribution is 0.0980. The smallest absolute Gasteiger partial charge is 0.273 e. The van der Waals surface area contributed by atoms with Gasteiger partial charge in [0.25, 0.3) is 11.5 Å². The fourth-order valence-electron chi connectivity index (χ4n) is 5.36. The van der Waals surface area contributed by atoms with Crippen LogP contribution in [-0.4, -0.2) is 22.1 Å². The summed E-state index contributed by atoms with van der Waals surface area (Å²) in [5.74, 6) is 1.93. The zero-order valence-corrected chi connectivity index (χ0v) is 19.2. The number of fused-ring (bicyclic) bond motifs is 1. The van der Waals surface area contributed by atoms with Gasteiger partial charge in [0, 0.05) is 36.5 Å². The van der Waals surface area contributed by atoms with E-state index in [2.05, 4.69) is 26.0 Å². The molecule has 6 nitrogen and oxygen atoms in total. The first-order valence-corrected chi connectivity index (χ1v) is 11.5. The van der Waals surface area contributed by atoms with Gasteiger partial charge in [-0.3, -0.25) is 9.59 Å². The first-order valence-electron chi connectivity index (χ1n) is 11.5. The number of rotatable bonds is 4. The van der Waals surface area contributed by atoms with Gasteiger partial charge in [-0.1, -0.05) is 38.1 Å². The third kappa shape index (κ3) is 3.45. The Balaban J connectivity index is 1.53. The number of amides is 1. The first-order chi connectivity index (χ1) is 15.8. The number of pyridine rings is 1. The molecule has 1 amide bonds. The molecule has 1 aromatic heterocycles. The summed E-state index contributed by atoms with van der Waals surface area (Å²) < 4.78 is 1.43. The van der Waals surface area contributed by atoms with Crippen molar-refractivity contribution in [2.75, 3.05) is 17.2 Å². The Morgan fingerprint density at radius 3 is 2.48 bits per heavy atom. The van der Waals surface area contributed by atoms with E-state index in [1.165, 1.54) is 10.1 Å². The van der Waals surface area contributed by atoms with E-state index < -0.39 is 0 Å². The van der Waals surface area contributed by atoms with Gasteiger partial charge >= 0.3 is 0 Å². The lowest BCUT2D eigenvalue weighted by Gasteiger charge is -2.31. The minimum atomic E-state index is -0.266. The van der Waals surface area contributed by atoms with E-state index in [0.29, 0.717) is 35.5 Å². The molecule has 1 aliphatic heterocycles. The van der Waals surface area contributed by atoms with Gasteiger partial charge in [0.15, 0.2) is 0 Å². The molecule has 5 rings (SSSR count). The molecular formula is C27H29N3O3. The molecule has 1 aliphatic carbocycles. The fraction of sp³-hybridized carbons (Fsp3) is 0.333. The van der Waals surface area contributed by atoms with Gasteiger partial charge in [-0.15, -0.1) is 0 Å². The summed E-state index contributed by atoms with van der Waals surface area (Å²) in [6.07, 6.45) is 2.47. The van der Waals surface area contributed by atoms with Crippen LogP contribution in [0.3, 0.4) is 0 Å². The number of hydrogen-bond acceptors (Lipinski definition) is 4. The normalized spacial score (nSPS) is 21.8. The molecule has 2 unspecified atom stereocenters. The van der Waals surface area contributed by atoms with Gasteiger partial charge in [0.05, 0.1) is 18.0 Å². The maximum Gasteiger partial charge on any atom is 0.273 e. The third-order valence-corrected chi connectivity index (χ3v) is 7.54. The van der Waals surface area contributed by atoms with Gasteiger partial charge in [-0.05, 0) is 59.1 Å². The van der Waals surface area contributed by atoms with Gasteiger partial charge in [-0.2, -0.15) is 0 Å². The average molecular weight is 444 g/mol. The number of hydrogen-bond donors (Lipinski definition) is 2. The van der Waals surface area contributed by atoms with E-state index in [9.17, 15) is 14.7 Å². The Morgan fingerprint density at radius 1 is 1.06 bits per heavy atom. The summed E-state index contributed by atoms with van der Waals surface area (Å²) in [7, 11) is 1.65. The molecule has 3 N–H and O–H groups in total. The highest BCUT2D eigenvalue weighted by Gasteiger charge is 2.44. The molecule has 2 aliphatic rings. The molecule has 0 spiro atoms. The second kappa shape index (κ2) is 7.89. The summed E-state index contributed by atoms with van der Waals surface area (Å²) >= 11 is 0. The van der Waals surface area contributed by atoms with Crippen LogP contribution in [0, 0.1) is 11.8 Å². The summed E-state index contributed by atoms with van der Waals surface area (Å²) in [4.78, 5) is 27.3. The van der Waals surface area contributed by atoms with Gasteiger partial charge < -0.3 is 20.3 Å². The summed E-state index contributed by atoms with van der Waals surface area (Å²) in [5, 5.41) is 10.3. The first kappa shape index (κ1) is 21.5. The van der Waals surface area contributed by atoms with Crippen LogP contribution in [0.2, 0.25) is 0 Å². The van der Waals surface area contributed by atoms with E-state index in [4.69, 9.17) is 5.73 Å². The maximum absolute atomic E-state index is 13.5. The number of carbonyl (C=O) groups excluding carboxylic acids is 1. The maximum atomic E-state index is 13.5. The molecule has 0 bridgehead atoms. The van der Waals surface area contributed by atoms with Gasteiger partial charge in [-0.25, -0.2) is 0 Å². The molecule has 6 heteroatoms. The van der Waals surface area contributed by atoms with E-state index in [1.54, 1.807) is 24.2 Å². The zero-order chi connectivity index (χ0) is 23.4. The molecule has 3 aromatic rings. The van der Waals surface area contributed by atoms with Crippen LogP contribution in [0.4, 0.5) is 11.4 Å². The molecule has 1 saturated carbocycles. The SMILES string of the molecule is CC1C(C)C1c1ccc2c(c1)CCN(c1cccc(-c3cc(N)c(=O)n(C)c3)c1CO)C2=O. The average Bonchev–Trinajstić information content (AvgIpc) is 3.42. The highest BCUT2D eigenvalue weighted by atomic mass is 16.3. The summed E-state index contributed by atoms with van der Waals surface area (Å²) in [5.41, 5.74) is 11.7. The van der Waals surface area contributed by atoms with Crippen molar-refractivity contribution in [2.24, 2.45) is 18.9 Å². The number of benzene rings is 2. The minimum absolute atomic E-state index is 0.0495. The van der Waals surface area contributed by atoms with Crippen molar-refractivity contribution in [3.63, 3.8) is 0 Å². The van der Waals surface area contributed by atoms with Crippen LogP contribution in [0.5, 0.6) is 0 Å². The van der Waals surface area contributed by atoms with E-state index in [0.717, 1.165) is 28.7 Å². The quantitative estimate of drug-likeness (QED) is 0.644. The topological polar surface area (TPSA) is 88.6 Å². The van der Waals surface area contributed by atoms with Crippen LogP contribution < -0.4 is 16.2 Å². The van der Waals surface area contributed by atoms with Crippen LogP contribution in [0.25, 0.3) is 11.1 Å². The summed E-state index contributed by atoms with van der Waals surface area (Å²) in [6, 6.07) is 13.5. The number of carbonyl (C=O) groups is 1. The Labute approximate surface area is 193 Å². The molecular weight excluding hydrogens is 414 g/mol. The number of aromatic nitrogens is 1. The second-order valence-electron chi connectivity index (χ2n) is 9.43. The van der Waals surface area contributed by atoms with Crippen LogP contribution in [0.1, 0.15) is 46.8 Å². The van der Waals surface area contributed by atoms with E-state index >= 15 is 0 Å². The predicted molar refractivity (Wildman–Crippen MR) is 130 cm³/mol. The molecule has 0 radical (unpaired) electrons. The zero-order valence-electron chi connectivity index (χ0n) is 19.2. The second-order valence-corrected chi connectivity index (χ2v) is 9.43. The van der Waals surface area contributed by atoms with Crippen molar-refractivity contribution in [3.8, 4) is 11.1 Å². The number of nitrogens with two attached hydrogens (primary N) is 1. The standard InChI is InChI=1S/C27H29N3O3/c1-15-16(2)25(15)18-7-8-21-17(11-18)9-10-30(26(21)32)24-6-4-5-20(22(24)14-31)19-12-23(28)27(33)29(3)13-19/h4-8,11-13,15-16,25,31H,9-10,14,28H2,1-3H3. The van der Waals surface area contributed by atoms with Crippen LogP contribution in [0.15, 0.2) is 53.5 Å². The number of anilines is 2. The van der Waals surface area contributed by atoms with Crippen LogP contribution >= 0.6 is 0 Å². The summed E-state index contributed by atoms with van der Waals surface area (Å²) in [6.45, 7) is 4.88. The molecule has 33 heavy (non-hydrogen) atoms. The number of aryl methyl sites for hydroxylation is 1. The van der Waals surface area contributed by atoms with Crippen LogP contribution in [-0.2, 0) is 20.1 Å². The largest absolute Gasteiger partial charge is 0.394 e. The van der Waals surface area contributed by atoms with Crippen molar-refractivity contribution in [3.05, 3.63) is 81.3 Å². The molecule has 2 atom stereocenters. The monoisotopic (exact) mass is 443 g/mol. The van der Waals surface area contributed by atoms with E-state index in [-0.39, 0.29) is 23.8 Å². The lowest BCUT2D eigenvalue weighted by Crippen LogP contribution is -2.38. The molecule has 2 heterocycles. The number of nitrogen functional groups attached to an aromatic ring is 1. The minimum Gasteiger partial charge on any atom is -0.394 e. The van der Waals surface area contributed by atoms with Gasteiger partial charge in [0.1, 0.15) is 0 Å². The van der Waals surface area contributed by atoms with E-state index in [1.807, 2.05) is 24.3 Å². The highest BCUT2D eigenvalue weighted by Crippen LogP contribution is 2.53. The highest BCUT2D eigenvalue weighted by molar-refractivity contribution is 6.09.